The first-order valence-electron chi connectivity index (χ1n) is 4.67. The van der Waals surface area contributed by atoms with Gasteiger partial charge in [-0.05, 0) is 11.8 Å². The Kier molecular flexibility index (Phi) is 3.20. The molecule has 0 saturated carbocycles. The number of nitrogens with zero attached hydrogens (tertiary/aromatic N) is 5. The van der Waals surface area contributed by atoms with Gasteiger partial charge >= 0.3 is 11.1 Å². The molecule has 0 aliphatic heterocycles. The minimum atomic E-state index is -0.886. The van der Waals surface area contributed by atoms with Crippen LogP contribution in [0.25, 0.3) is 0 Å². The Hall–Kier alpha value is -2.47. The molecule has 0 saturated heterocycles. The number of hydrogen-bond donors (Lipinski definition) is 1. The molecule has 18 heavy (non-hydrogen) atoms. The molecule has 2 rings (SSSR count). The molecule has 0 fully saturated rings. The van der Waals surface area contributed by atoms with Gasteiger partial charge in [0.1, 0.15) is 23.0 Å². The fourth-order valence-electron chi connectivity index (χ4n) is 1.11. The summed E-state index contributed by atoms with van der Waals surface area (Å²) >= 11 is 0.996. The van der Waals surface area contributed by atoms with Crippen molar-refractivity contribution in [3.05, 3.63) is 38.8 Å². The van der Waals surface area contributed by atoms with Crippen LogP contribution in [0.2, 0.25) is 0 Å². The Morgan fingerprint density at radius 3 is 3.00 bits per heavy atom. The number of nitrogens with one attached hydrogen (secondary N) is 1. The lowest BCUT2D eigenvalue weighted by Gasteiger charge is -2.05. The summed E-state index contributed by atoms with van der Waals surface area (Å²) in [7, 11) is 1.53. The quantitative estimate of drug-likeness (QED) is 0.560. The van der Waals surface area contributed by atoms with Gasteiger partial charge in [-0.25, -0.2) is 9.97 Å². The SMILES string of the molecule is Cn1[nH]c(=O)c(=O)nc1Sc1ncncc1C#N. The number of rotatable bonds is 2. The van der Waals surface area contributed by atoms with Crippen LogP contribution >= 0.6 is 11.8 Å². The smallest absolute Gasteiger partial charge is 0.265 e. The second-order valence-corrected chi connectivity index (χ2v) is 4.11. The van der Waals surface area contributed by atoms with Gasteiger partial charge in [0.05, 0.1) is 0 Å². The third-order valence-electron chi connectivity index (χ3n) is 1.93. The van der Waals surface area contributed by atoms with E-state index in [-0.39, 0.29) is 10.7 Å². The van der Waals surface area contributed by atoms with Crippen molar-refractivity contribution in [1.82, 2.24) is 24.7 Å². The van der Waals surface area contributed by atoms with E-state index in [1.165, 1.54) is 24.3 Å². The predicted molar refractivity (Wildman–Crippen MR) is 61.0 cm³/mol. The summed E-state index contributed by atoms with van der Waals surface area (Å²) in [5, 5.41) is 11.8. The summed E-state index contributed by atoms with van der Waals surface area (Å²) in [4.78, 5) is 33.4. The number of aromatic amines is 1. The van der Waals surface area contributed by atoms with Crippen molar-refractivity contribution in [1.29, 1.82) is 5.26 Å². The summed E-state index contributed by atoms with van der Waals surface area (Å²) in [6.45, 7) is 0. The Morgan fingerprint density at radius 2 is 2.28 bits per heavy atom. The van der Waals surface area contributed by atoms with Crippen molar-refractivity contribution in [3.8, 4) is 6.07 Å². The van der Waals surface area contributed by atoms with E-state index in [0.29, 0.717) is 5.03 Å². The molecule has 1 N–H and O–H groups in total. The van der Waals surface area contributed by atoms with Crippen LogP contribution in [-0.2, 0) is 7.05 Å². The Balaban J connectivity index is 2.47. The number of aromatic nitrogens is 5. The summed E-state index contributed by atoms with van der Waals surface area (Å²) in [5.74, 6) is 0. The van der Waals surface area contributed by atoms with Crippen LogP contribution in [0.1, 0.15) is 5.56 Å². The first kappa shape index (κ1) is 12.0. The van der Waals surface area contributed by atoms with Crippen LogP contribution in [0.5, 0.6) is 0 Å². The molecule has 90 valence electrons. The summed E-state index contributed by atoms with van der Waals surface area (Å²) in [6.07, 6.45) is 2.64. The van der Waals surface area contributed by atoms with Crippen LogP contribution in [0.15, 0.2) is 32.3 Å². The molecule has 0 atom stereocenters. The van der Waals surface area contributed by atoms with E-state index < -0.39 is 11.1 Å². The molecule has 0 aliphatic carbocycles. The highest BCUT2D eigenvalue weighted by Crippen LogP contribution is 2.24. The molecule has 0 aliphatic rings. The molecular formula is C9H6N6O2S. The summed E-state index contributed by atoms with van der Waals surface area (Å²) in [5.41, 5.74) is -1.42. The van der Waals surface area contributed by atoms with Gasteiger partial charge < -0.3 is 0 Å². The van der Waals surface area contributed by atoms with Gasteiger partial charge in [0.2, 0.25) is 0 Å². The van der Waals surface area contributed by atoms with Crippen molar-refractivity contribution in [2.45, 2.75) is 10.2 Å². The lowest BCUT2D eigenvalue weighted by atomic mass is 10.4. The topological polar surface area (TPSA) is 117 Å². The highest BCUT2D eigenvalue weighted by molar-refractivity contribution is 7.99. The van der Waals surface area contributed by atoms with Gasteiger partial charge in [0, 0.05) is 13.2 Å². The molecule has 0 bridgehead atoms. The minimum Gasteiger partial charge on any atom is -0.265 e. The molecule has 2 aromatic rings. The molecule has 8 nitrogen and oxygen atoms in total. The maximum Gasteiger partial charge on any atom is 0.339 e. The molecule has 0 unspecified atom stereocenters. The maximum atomic E-state index is 11.2. The third-order valence-corrected chi connectivity index (χ3v) is 3.00. The van der Waals surface area contributed by atoms with Gasteiger partial charge in [-0.1, -0.05) is 0 Å². The molecule has 0 spiro atoms. The van der Waals surface area contributed by atoms with Gasteiger partial charge in [-0.2, -0.15) is 10.2 Å². The van der Waals surface area contributed by atoms with Gasteiger partial charge in [0.25, 0.3) is 0 Å². The second-order valence-electron chi connectivity index (χ2n) is 3.15. The van der Waals surface area contributed by atoms with E-state index in [1.807, 2.05) is 6.07 Å². The second kappa shape index (κ2) is 4.80. The van der Waals surface area contributed by atoms with Crippen molar-refractivity contribution in [2.75, 3.05) is 0 Å². The number of hydrogen-bond acceptors (Lipinski definition) is 7. The van der Waals surface area contributed by atoms with E-state index in [2.05, 4.69) is 20.1 Å². The first-order valence-corrected chi connectivity index (χ1v) is 5.49. The van der Waals surface area contributed by atoms with Crippen molar-refractivity contribution in [2.24, 2.45) is 7.05 Å². The highest BCUT2D eigenvalue weighted by atomic mass is 32.2. The van der Waals surface area contributed by atoms with Crippen LogP contribution in [-0.4, -0.2) is 24.7 Å². The van der Waals surface area contributed by atoms with Crippen LogP contribution < -0.4 is 11.1 Å². The Morgan fingerprint density at radius 1 is 1.50 bits per heavy atom. The largest absolute Gasteiger partial charge is 0.339 e. The van der Waals surface area contributed by atoms with E-state index in [0.717, 1.165) is 11.8 Å². The van der Waals surface area contributed by atoms with Gasteiger partial charge in [-0.3, -0.25) is 19.4 Å². The maximum absolute atomic E-state index is 11.2. The van der Waals surface area contributed by atoms with E-state index in [4.69, 9.17) is 5.26 Å². The molecule has 0 amide bonds. The fraction of sp³-hybridized carbons (Fsp3) is 0.111. The molecule has 2 aromatic heterocycles. The van der Waals surface area contributed by atoms with Gasteiger partial charge in [0.15, 0.2) is 5.16 Å². The third kappa shape index (κ3) is 2.28. The van der Waals surface area contributed by atoms with Crippen LogP contribution in [0.4, 0.5) is 0 Å². The molecule has 0 radical (unpaired) electrons. The van der Waals surface area contributed by atoms with Crippen molar-refractivity contribution in [3.63, 3.8) is 0 Å². The summed E-state index contributed by atoms with van der Waals surface area (Å²) < 4.78 is 1.29. The summed E-state index contributed by atoms with van der Waals surface area (Å²) in [6, 6.07) is 1.93. The first-order chi connectivity index (χ1) is 8.61. The van der Waals surface area contributed by atoms with Crippen LogP contribution in [0, 0.1) is 11.3 Å². The Bertz CT molecular complexity index is 744. The van der Waals surface area contributed by atoms with Gasteiger partial charge in [-0.15, -0.1) is 0 Å². The zero-order valence-corrected chi connectivity index (χ0v) is 9.93. The Labute approximate surface area is 104 Å². The average molecular weight is 262 g/mol. The van der Waals surface area contributed by atoms with E-state index in [1.54, 1.807) is 0 Å². The minimum absolute atomic E-state index is 0.231. The number of nitriles is 1. The molecule has 0 aromatic carbocycles. The average Bonchev–Trinajstić information content (AvgIpc) is 2.36. The standard InChI is InChI=1S/C9H6N6O2S/c1-15-9(13-6(16)7(17)14-15)18-8-5(2-10)3-11-4-12-8/h3-4H,1H3,(H,14,17). The van der Waals surface area contributed by atoms with Crippen molar-refractivity contribution >= 4 is 11.8 Å². The van der Waals surface area contributed by atoms with Crippen molar-refractivity contribution < 1.29 is 0 Å². The lowest BCUT2D eigenvalue weighted by Crippen LogP contribution is -2.33. The zero-order valence-electron chi connectivity index (χ0n) is 9.12. The lowest BCUT2D eigenvalue weighted by molar-refractivity contribution is 0.596. The van der Waals surface area contributed by atoms with E-state index >= 15 is 0 Å². The molecule has 2 heterocycles. The highest BCUT2D eigenvalue weighted by Gasteiger charge is 2.10. The zero-order chi connectivity index (χ0) is 13.1. The molecule has 9 heteroatoms. The normalized spacial score (nSPS) is 10.0. The molecular weight excluding hydrogens is 256 g/mol. The van der Waals surface area contributed by atoms with Crippen LogP contribution in [0.3, 0.4) is 0 Å². The van der Waals surface area contributed by atoms with E-state index in [9.17, 15) is 9.59 Å². The number of aryl methyl sites for hydroxylation is 1. The fourth-order valence-corrected chi connectivity index (χ4v) is 1.91. The number of H-pyrrole nitrogens is 1. The predicted octanol–water partition coefficient (Wildman–Crippen LogP) is -0.719. The monoisotopic (exact) mass is 262 g/mol.